The van der Waals surface area contributed by atoms with Gasteiger partial charge >= 0.3 is 0 Å². The van der Waals surface area contributed by atoms with Crippen molar-refractivity contribution in [2.24, 2.45) is 17.3 Å². The lowest BCUT2D eigenvalue weighted by molar-refractivity contribution is -0.145. The van der Waals surface area contributed by atoms with Gasteiger partial charge in [0.2, 0.25) is 5.88 Å². The SMILES string of the molecule is COc1nc(C)nc2c1CC[C@H]1C(C)(C)C(=O)C(C=O)C[C@]21C. The summed E-state index contributed by atoms with van der Waals surface area (Å²) in [5, 5.41) is 0. The fourth-order valence-electron chi connectivity index (χ4n) is 4.91. The van der Waals surface area contributed by atoms with E-state index in [1.165, 1.54) is 0 Å². The molecule has 1 heterocycles. The van der Waals surface area contributed by atoms with Gasteiger partial charge in [0.15, 0.2) is 0 Å². The predicted molar refractivity (Wildman–Crippen MR) is 85.4 cm³/mol. The first-order chi connectivity index (χ1) is 10.8. The first kappa shape index (κ1) is 16.1. The summed E-state index contributed by atoms with van der Waals surface area (Å²) in [6.07, 6.45) is 3.03. The second-order valence-electron chi connectivity index (χ2n) is 7.65. The van der Waals surface area contributed by atoms with Crippen molar-refractivity contribution in [2.45, 2.75) is 52.4 Å². The number of aromatic nitrogens is 2. The molecule has 5 heteroatoms. The van der Waals surface area contributed by atoms with E-state index in [2.05, 4.69) is 11.9 Å². The Balaban J connectivity index is 2.22. The van der Waals surface area contributed by atoms with E-state index in [0.29, 0.717) is 18.1 Å². The van der Waals surface area contributed by atoms with Crippen molar-refractivity contribution in [3.63, 3.8) is 0 Å². The molecule has 1 aromatic rings. The molecule has 0 aliphatic heterocycles. The van der Waals surface area contributed by atoms with Gasteiger partial charge in [-0.2, -0.15) is 4.98 Å². The van der Waals surface area contributed by atoms with Crippen molar-refractivity contribution < 1.29 is 14.3 Å². The van der Waals surface area contributed by atoms with E-state index in [9.17, 15) is 9.59 Å². The number of ether oxygens (including phenoxy) is 1. The number of aryl methyl sites for hydroxylation is 1. The van der Waals surface area contributed by atoms with Gasteiger partial charge in [0, 0.05) is 16.4 Å². The molecule has 1 saturated carbocycles. The molecule has 23 heavy (non-hydrogen) atoms. The average Bonchev–Trinajstić information content (AvgIpc) is 2.51. The largest absolute Gasteiger partial charge is 0.481 e. The Labute approximate surface area is 136 Å². The van der Waals surface area contributed by atoms with Crippen LogP contribution in [0.3, 0.4) is 0 Å². The molecule has 0 aromatic carbocycles. The van der Waals surface area contributed by atoms with Gasteiger partial charge in [0.05, 0.1) is 18.7 Å². The minimum atomic E-state index is -0.557. The van der Waals surface area contributed by atoms with Gasteiger partial charge in [-0.1, -0.05) is 20.8 Å². The molecule has 1 aromatic heterocycles. The van der Waals surface area contributed by atoms with Gasteiger partial charge in [-0.3, -0.25) is 4.79 Å². The molecule has 1 fully saturated rings. The first-order valence-corrected chi connectivity index (χ1v) is 8.17. The molecule has 0 spiro atoms. The maximum absolute atomic E-state index is 12.7. The molecule has 0 amide bonds. The highest BCUT2D eigenvalue weighted by atomic mass is 16.5. The maximum atomic E-state index is 12.7. The molecule has 0 radical (unpaired) electrons. The number of Topliss-reactive ketones (excluding diaryl/α,β-unsaturated/α-hetero) is 1. The van der Waals surface area contributed by atoms with Crippen molar-refractivity contribution in [3.05, 3.63) is 17.1 Å². The lowest BCUT2D eigenvalue weighted by Crippen LogP contribution is -2.56. The zero-order valence-corrected chi connectivity index (χ0v) is 14.5. The molecule has 2 aliphatic rings. The van der Waals surface area contributed by atoms with Crippen LogP contribution in [0.25, 0.3) is 0 Å². The van der Waals surface area contributed by atoms with E-state index in [0.717, 1.165) is 30.4 Å². The third-order valence-electron chi connectivity index (χ3n) is 5.92. The molecular weight excluding hydrogens is 292 g/mol. The highest BCUT2D eigenvalue weighted by Crippen LogP contribution is 2.57. The number of nitrogens with zero attached hydrogens (tertiary/aromatic N) is 2. The average molecular weight is 316 g/mol. The van der Waals surface area contributed by atoms with Crippen molar-refractivity contribution in [3.8, 4) is 5.88 Å². The van der Waals surface area contributed by atoms with Crippen LogP contribution in [0.2, 0.25) is 0 Å². The van der Waals surface area contributed by atoms with Crippen LogP contribution in [0.5, 0.6) is 5.88 Å². The summed E-state index contributed by atoms with van der Waals surface area (Å²) in [6, 6.07) is 0. The van der Waals surface area contributed by atoms with Crippen LogP contribution < -0.4 is 4.74 Å². The highest BCUT2D eigenvalue weighted by Gasteiger charge is 2.58. The zero-order chi connectivity index (χ0) is 17.0. The summed E-state index contributed by atoms with van der Waals surface area (Å²) < 4.78 is 5.46. The van der Waals surface area contributed by atoms with Crippen LogP contribution in [0, 0.1) is 24.2 Å². The van der Waals surface area contributed by atoms with Crippen molar-refractivity contribution in [2.75, 3.05) is 7.11 Å². The van der Waals surface area contributed by atoms with Crippen molar-refractivity contribution >= 4 is 12.1 Å². The normalized spacial score (nSPS) is 32.0. The van der Waals surface area contributed by atoms with Crippen LogP contribution in [0.15, 0.2) is 0 Å². The fraction of sp³-hybridized carbons (Fsp3) is 0.667. The van der Waals surface area contributed by atoms with E-state index in [4.69, 9.17) is 9.72 Å². The van der Waals surface area contributed by atoms with Gasteiger partial charge in [0.1, 0.15) is 17.9 Å². The van der Waals surface area contributed by atoms with Crippen LogP contribution >= 0.6 is 0 Å². The molecule has 0 bridgehead atoms. The van der Waals surface area contributed by atoms with E-state index >= 15 is 0 Å². The Hall–Kier alpha value is -1.78. The standard InChI is InChI=1S/C18H24N2O3/c1-10-19-14-12(16(20-10)23-5)6-7-13-17(2,3)15(22)11(9-21)8-18(13,14)4/h9,11,13H,6-8H2,1-5H3/t11?,13-,18-/m0/s1. The van der Waals surface area contributed by atoms with Gasteiger partial charge < -0.3 is 9.53 Å². The topological polar surface area (TPSA) is 69.2 Å². The van der Waals surface area contributed by atoms with Gasteiger partial charge in [-0.05, 0) is 32.1 Å². The minimum Gasteiger partial charge on any atom is -0.481 e. The number of hydrogen-bond acceptors (Lipinski definition) is 5. The molecule has 0 N–H and O–H groups in total. The molecule has 124 valence electrons. The summed E-state index contributed by atoms with van der Waals surface area (Å²) in [4.78, 5) is 33.3. The summed E-state index contributed by atoms with van der Waals surface area (Å²) in [5.74, 6) is 0.976. The molecule has 3 rings (SSSR count). The number of aldehydes is 1. The van der Waals surface area contributed by atoms with Crippen LogP contribution in [-0.4, -0.2) is 29.1 Å². The molecule has 2 aliphatic carbocycles. The molecule has 3 atom stereocenters. The summed E-state index contributed by atoms with van der Waals surface area (Å²) >= 11 is 0. The van der Waals surface area contributed by atoms with Crippen LogP contribution in [0.1, 0.15) is 50.7 Å². The monoisotopic (exact) mass is 316 g/mol. The number of ketones is 1. The minimum absolute atomic E-state index is 0.0659. The van der Waals surface area contributed by atoms with Crippen LogP contribution in [0.4, 0.5) is 0 Å². The maximum Gasteiger partial charge on any atom is 0.219 e. The van der Waals surface area contributed by atoms with E-state index < -0.39 is 11.3 Å². The van der Waals surface area contributed by atoms with Gasteiger partial charge in [-0.25, -0.2) is 4.98 Å². The Bertz CT molecular complexity index is 683. The predicted octanol–water partition coefficient (Wildman–Crippen LogP) is 2.43. The number of methoxy groups -OCH3 is 1. The number of fused-ring (bicyclic) bond motifs is 3. The lowest BCUT2D eigenvalue weighted by Gasteiger charge is -2.53. The van der Waals surface area contributed by atoms with Crippen LogP contribution in [-0.2, 0) is 21.4 Å². The zero-order valence-electron chi connectivity index (χ0n) is 14.5. The number of carbonyl (C=O) groups excluding carboxylic acids is 2. The quantitative estimate of drug-likeness (QED) is 0.619. The highest BCUT2D eigenvalue weighted by molar-refractivity contribution is 5.98. The number of rotatable bonds is 2. The molecule has 1 unspecified atom stereocenters. The first-order valence-electron chi connectivity index (χ1n) is 8.17. The smallest absolute Gasteiger partial charge is 0.219 e. The number of carbonyl (C=O) groups is 2. The second kappa shape index (κ2) is 5.11. The summed E-state index contributed by atoms with van der Waals surface area (Å²) in [7, 11) is 1.62. The van der Waals surface area contributed by atoms with Gasteiger partial charge in [-0.15, -0.1) is 0 Å². The lowest BCUT2D eigenvalue weighted by atomic mass is 9.49. The van der Waals surface area contributed by atoms with Gasteiger partial charge in [0.25, 0.3) is 0 Å². The summed E-state index contributed by atoms with van der Waals surface area (Å²) in [6.45, 7) is 7.95. The molecular formula is C18H24N2O3. The number of hydrogen-bond donors (Lipinski definition) is 0. The Morgan fingerprint density at radius 2 is 1.96 bits per heavy atom. The third-order valence-corrected chi connectivity index (χ3v) is 5.92. The third kappa shape index (κ3) is 2.12. The summed E-state index contributed by atoms with van der Waals surface area (Å²) in [5.41, 5.74) is 1.16. The fourth-order valence-corrected chi connectivity index (χ4v) is 4.91. The van der Waals surface area contributed by atoms with Crippen molar-refractivity contribution in [1.29, 1.82) is 0 Å². The van der Waals surface area contributed by atoms with E-state index in [1.54, 1.807) is 7.11 Å². The second-order valence-corrected chi connectivity index (χ2v) is 7.65. The van der Waals surface area contributed by atoms with E-state index in [1.807, 2.05) is 20.8 Å². The molecule has 5 nitrogen and oxygen atoms in total. The molecule has 0 saturated heterocycles. The Morgan fingerprint density at radius 3 is 2.57 bits per heavy atom. The van der Waals surface area contributed by atoms with Crippen molar-refractivity contribution in [1.82, 2.24) is 9.97 Å². The Kier molecular flexibility index (Phi) is 3.58. The Morgan fingerprint density at radius 1 is 1.26 bits per heavy atom. The van der Waals surface area contributed by atoms with E-state index in [-0.39, 0.29) is 17.1 Å².